The minimum Gasteiger partial charge on any atom is -0.380 e. The van der Waals surface area contributed by atoms with Gasteiger partial charge in [0.05, 0.1) is 35.4 Å². The number of carbonyl (C=O) groups excluding carboxylic acids is 2. The second-order valence-corrected chi connectivity index (χ2v) is 9.29. The predicted molar refractivity (Wildman–Crippen MR) is 152 cm³/mol. The molecule has 0 saturated heterocycles. The van der Waals surface area contributed by atoms with Gasteiger partial charge in [-0.2, -0.15) is 0 Å². The molecule has 2 aromatic carbocycles. The number of nitrogens with one attached hydrogen (secondary N) is 2. The van der Waals surface area contributed by atoms with Crippen molar-refractivity contribution in [2.24, 2.45) is 0 Å². The Kier molecular flexibility index (Phi) is 7.51. The van der Waals surface area contributed by atoms with Crippen molar-refractivity contribution >= 4 is 40.4 Å². The number of anilines is 5. The molecule has 1 aliphatic heterocycles. The number of aromatic nitrogens is 2. The van der Waals surface area contributed by atoms with Crippen LogP contribution in [0.15, 0.2) is 79.3 Å². The van der Waals surface area contributed by atoms with Crippen LogP contribution in [0.1, 0.15) is 31.8 Å². The van der Waals surface area contributed by atoms with E-state index >= 15 is 0 Å². The summed E-state index contributed by atoms with van der Waals surface area (Å²) < 4.78 is 5.42. The maximum absolute atomic E-state index is 13.1. The van der Waals surface area contributed by atoms with E-state index in [2.05, 4.69) is 20.6 Å². The SMILES string of the molecule is COCc1cc(C(=O)NCCc2ccncc2)ccc1Nc1cc2c(cn1)N(C)C(=O)c1ccccc1N2C. The number of hydrogen-bond acceptors (Lipinski definition) is 7. The van der Waals surface area contributed by atoms with Crippen LogP contribution in [0.5, 0.6) is 0 Å². The molecular weight excluding hydrogens is 492 g/mol. The summed E-state index contributed by atoms with van der Waals surface area (Å²) in [6.45, 7) is 0.838. The number of carbonyl (C=O) groups is 2. The zero-order valence-electron chi connectivity index (χ0n) is 22.1. The van der Waals surface area contributed by atoms with Crippen molar-refractivity contribution in [2.45, 2.75) is 13.0 Å². The molecule has 0 unspecified atom stereocenters. The number of fused-ring (bicyclic) bond motifs is 2. The Balaban J connectivity index is 1.36. The Morgan fingerprint density at radius 3 is 2.54 bits per heavy atom. The molecule has 198 valence electrons. The lowest BCUT2D eigenvalue weighted by atomic mass is 10.1. The van der Waals surface area contributed by atoms with Gasteiger partial charge >= 0.3 is 0 Å². The Hall–Kier alpha value is -4.76. The van der Waals surface area contributed by atoms with Gasteiger partial charge in [0, 0.05) is 63.0 Å². The van der Waals surface area contributed by atoms with Crippen LogP contribution in [0, 0.1) is 0 Å². The molecular formula is C30H30N6O3. The first-order valence-electron chi connectivity index (χ1n) is 12.6. The number of para-hydroxylation sites is 1. The zero-order chi connectivity index (χ0) is 27.4. The highest BCUT2D eigenvalue weighted by atomic mass is 16.5. The average molecular weight is 523 g/mol. The summed E-state index contributed by atoms with van der Waals surface area (Å²) in [4.78, 5) is 38.1. The number of methoxy groups -OCH3 is 1. The number of nitrogens with zero attached hydrogens (tertiary/aromatic N) is 4. The molecule has 2 aromatic heterocycles. The van der Waals surface area contributed by atoms with Gasteiger partial charge in [0.1, 0.15) is 5.82 Å². The van der Waals surface area contributed by atoms with E-state index in [0.717, 1.165) is 34.6 Å². The van der Waals surface area contributed by atoms with Crippen LogP contribution in [0.4, 0.5) is 28.6 Å². The first kappa shape index (κ1) is 25.9. The van der Waals surface area contributed by atoms with E-state index in [-0.39, 0.29) is 11.8 Å². The minimum absolute atomic E-state index is 0.0873. The van der Waals surface area contributed by atoms with E-state index in [9.17, 15) is 9.59 Å². The van der Waals surface area contributed by atoms with Gasteiger partial charge in [-0.1, -0.05) is 12.1 Å². The van der Waals surface area contributed by atoms with E-state index < -0.39 is 0 Å². The Labute approximate surface area is 227 Å². The molecule has 9 nitrogen and oxygen atoms in total. The summed E-state index contributed by atoms with van der Waals surface area (Å²) in [5.74, 6) is 0.368. The molecule has 9 heteroatoms. The monoisotopic (exact) mass is 522 g/mol. The molecule has 2 N–H and O–H groups in total. The standard InChI is InChI=1S/C30H30N6O3/c1-35-25-7-5-4-6-23(25)30(38)36(2)27-18-33-28(17-26(27)35)34-24-9-8-21(16-22(24)19-39-3)29(37)32-15-12-20-10-13-31-14-11-20/h4-11,13-14,16-18H,12,15,19H2,1-3H3,(H,32,37)(H,33,34). The smallest absolute Gasteiger partial charge is 0.260 e. The van der Waals surface area contributed by atoms with Gasteiger partial charge < -0.3 is 25.2 Å². The van der Waals surface area contributed by atoms with E-state index in [0.29, 0.717) is 35.8 Å². The fraction of sp³-hybridized carbons (Fsp3) is 0.200. The van der Waals surface area contributed by atoms with Crippen LogP contribution in [0.3, 0.4) is 0 Å². The highest BCUT2D eigenvalue weighted by Gasteiger charge is 2.27. The number of ether oxygens (including phenoxy) is 1. The van der Waals surface area contributed by atoms with Crippen LogP contribution in [0.25, 0.3) is 0 Å². The van der Waals surface area contributed by atoms with Crippen molar-refractivity contribution in [3.05, 3.63) is 102 Å². The van der Waals surface area contributed by atoms with E-state index in [1.165, 1.54) is 0 Å². The molecule has 1 aliphatic rings. The van der Waals surface area contributed by atoms with Gasteiger partial charge in [0.15, 0.2) is 0 Å². The van der Waals surface area contributed by atoms with Gasteiger partial charge in [0.25, 0.3) is 11.8 Å². The molecule has 0 radical (unpaired) electrons. The van der Waals surface area contributed by atoms with Crippen LogP contribution < -0.4 is 20.4 Å². The van der Waals surface area contributed by atoms with Gasteiger partial charge in [-0.05, 0) is 54.4 Å². The van der Waals surface area contributed by atoms with Crippen molar-refractivity contribution in [1.82, 2.24) is 15.3 Å². The van der Waals surface area contributed by atoms with E-state index in [1.54, 1.807) is 43.7 Å². The fourth-order valence-corrected chi connectivity index (χ4v) is 4.64. The summed E-state index contributed by atoms with van der Waals surface area (Å²) in [5.41, 5.74) is 6.26. The first-order chi connectivity index (χ1) is 19.0. The van der Waals surface area contributed by atoms with Gasteiger partial charge in [-0.25, -0.2) is 4.98 Å². The molecule has 5 rings (SSSR count). The maximum Gasteiger partial charge on any atom is 0.260 e. The highest BCUT2D eigenvalue weighted by Crippen LogP contribution is 2.40. The lowest BCUT2D eigenvalue weighted by Crippen LogP contribution is -2.26. The molecule has 39 heavy (non-hydrogen) atoms. The maximum atomic E-state index is 13.1. The van der Waals surface area contributed by atoms with Gasteiger partial charge in [-0.15, -0.1) is 0 Å². The molecule has 0 bridgehead atoms. The Morgan fingerprint density at radius 1 is 0.949 bits per heavy atom. The second kappa shape index (κ2) is 11.3. The molecule has 3 heterocycles. The van der Waals surface area contributed by atoms with E-state index in [4.69, 9.17) is 4.74 Å². The summed E-state index contributed by atoms with van der Waals surface area (Å²) in [6, 6.07) is 18.8. The molecule has 0 spiro atoms. The predicted octanol–water partition coefficient (Wildman–Crippen LogP) is 4.70. The summed E-state index contributed by atoms with van der Waals surface area (Å²) in [5, 5.41) is 6.35. The van der Waals surface area contributed by atoms with Crippen molar-refractivity contribution in [1.29, 1.82) is 0 Å². The van der Waals surface area contributed by atoms with E-state index in [1.807, 2.05) is 66.5 Å². The molecule has 4 aromatic rings. The lowest BCUT2D eigenvalue weighted by Gasteiger charge is -2.23. The third-order valence-corrected chi connectivity index (χ3v) is 6.76. The van der Waals surface area contributed by atoms with Crippen LogP contribution in [-0.4, -0.2) is 49.5 Å². The number of amides is 2. The Bertz CT molecular complexity index is 1510. The summed E-state index contributed by atoms with van der Waals surface area (Å²) in [7, 11) is 5.31. The van der Waals surface area contributed by atoms with Crippen LogP contribution in [-0.2, 0) is 17.8 Å². The first-order valence-corrected chi connectivity index (χ1v) is 12.6. The number of benzene rings is 2. The number of rotatable bonds is 8. The lowest BCUT2D eigenvalue weighted by molar-refractivity contribution is 0.0952. The molecule has 2 amide bonds. The minimum atomic E-state index is -0.149. The number of pyridine rings is 2. The summed E-state index contributed by atoms with van der Waals surface area (Å²) in [6.07, 6.45) is 5.91. The molecule has 0 atom stereocenters. The number of hydrogen-bond donors (Lipinski definition) is 2. The van der Waals surface area contributed by atoms with Crippen molar-refractivity contribution in [3.63, 3.8) is 0 Å². The average Bonchev–Trinajstić information content (AvgIpc) is 3.04. The van der Waals surface area contributed by atoms with Crippen molar-refractivity contribution in [3.8, 4) is 0 Å². The molecule has 0 saturated carbocycles. The second-order valence-electron chi connectivity index (χ2n) is 9.29. The summed E-state index contributed by atoms with van der Waals surface area (Å²) >= 11 is 0. The largest absolute Gasteiger partial charge is 0.380 e. The Morgan fingerprint density at radius 2 is 1.74 bits per heavy atom. The fourth-order valence-electron chi connectivity index (χ4n) is 4.64. The van der Waals surface area contributed by atoms with Crippen LogP contribution in [0.2, 0.25) is 0 Å². The van der Waals surface area contributed by atoms with Crippen LogP contribution >= 0.6 is 0 Å². The highest BCUT2D eigenvalue weighted by molar-refractivity contribution is 6.13. The third-order valence-electron chi connectivity index (χ3n) is 6.76. The quantitative estimate of drug-likeness (QED) is 0.346. The van der Waals surface area contributed by atoms with Crippen molar-refractivity contribution < 1.29 is 14.3 Å². The van der Waals surface area contributed by atoms with Gasteiger partial charge in [-0.3, -0.25) is 14.6 Å². The molecule has 0 aliphatic carbocycles. The topological polar surface area (TPSA) is 99.7 Å². The zero-order valence-corrected chi connectivity index (χ0v) is 22.1. The normalized spacial score (nSPS) is 12.4. The third kappa shape index (κ3) is 5.44. The molecule has 0 fully saturated rings. The van der Waals surface area contributed by atoms with Crippen molar-refractivity contribution in [2.75, 3.05) is 42.9 Å². The van der Waals surface area contributed by atoms with Gasteiger partial charge in [0.2, 0.25) is 0 Å².